The van der Waals surface area contributed by atoms with Crippen molar-refractivity contribution in [2.24, 2.45) is 0 Å². The van der Waals surface area contributed by atoms with Crippen LogP contribution in [-0.4, -0.2) is 43.0 Å². The zero-order valence-electron chi connectivity index (χ0n) is 12.8. The Hall–Kier alpha value is -2.26. The molecule has 8 nitrogen and oxygen atoms in total. The lowest BCUT2D eigenvalue weighted by molar-refractivity contribution is -0.136. The molecule has 1 saturated heterocycles. The average molecular weight is 351 g/mol. The smallest absolute Gasteiger partial charge is 0.255 e. The molecule has 128 valence electrons. The van der Waals surface area contributed by atoms with Gasteiger partial charge in [-0.15, -0.1) is 0 Å². The van der Waals surface area contributed by atoms with E-state index in [2.05, 4.69) is 10.6 Å². The predicted molar refractivity (Wildman–Crippen MR) is 84.5 cm³/mol. The van der Waals surface area contributed by atoms with E-state index in [1.54, 1.807) is 12.1 Å². The number of benzene rings is 1. The van der Waals surface area contributed by atoms with Gasteiger partial charge in [0.05, 0.1) is 5.88 Å². The molecule has 0 bridgehead atoms. The highest BCUT2D eigenvalue weighted by Crippen LogP contribution is 2.28. The molecule has 1 atom stereocenters. The third-order valence-electron chi connectivity index (χ3n) is 4.16. The molecule has 2 aliphatic rings. The molecule has 2 heterocycles. The van der Waals surface area contributed by atoms with Gasteiger partial charge in [0.25, 0.3) is 5.91 Å². The maximum absolute atomic E-state index is 12.5. The number of imide groups is 1. The summed E-state index contributed by atoms with van der Waals surface area (Å²) in [5, 5.41) is 5.06. The van der Waals surface area contributed by atoms with Gasteiger partial charge in [-0.2, -0.15) is 0 Å². The van der Waals surface area contributed by atoms with E-state index in [4.69, 9.17) is 0 Å². The van der Waals surface area contributed by atoms with Crippen molar-refractivity contribution in [1.82, 2.24) is 15.5 Å². The molecule has 3 rings (SSSR count). The Morgan fingerprint density at radius 2 is 2.04 bits per heavy atom. The van der Waals surface area contributed by atoms with Crippen LogP contribution in [0.3, 0.4) is 0 Å². The minimum Gasteiger partial charge on any atom is -0.322 e. The third-order valence-corrected chi connectivity index (χ3v) is 4.64. The van der Waals surface area contributed by atoms with Gasteiger partial charge in [-0.1, -0.05) is 12.1 Å². The summed E-state index contributed by atoms with van der Waals surface area (Å²) in [6, 6.07) is 4.66. The SMILES string of the molecule is O=C1CCC(N2Cc3cc(CNC[SH](=O)=O)ccc3C2=O)C(=O)N1. The minimum atomic E-state index is -2.48. The van der Waals surface area contributed by atoms with Crippen LogP contribution in [0.15, 0.2) is 18.2 Å². The first-order chi connectivity index (χ1) is 11.5. The standard InChI is InChI=1S/C15H17N3O5S/c19-13-4-3-12(14(20)17-13)18-7-10-5-9(6-16-8-24(22)23)1-2-11(10)15(18)21/h1-2,5,12,16,24H,3-4,6-8H2,(H,17,19,20). The average Bonchev–Trinajstić information content (AvgIpc) is 2.83. The largest absolute Gasteiger partial charge is 0.322 e. The molecule has 0 aromatic heterocycles. The topological polar surface area (TPSA) is 113 Å². The molecule has 2 N–H and O–H groups in total. The fourth-order valence-electron chi connectivity index (χ4n) is 3.03. The number of thiol groups is 1. The van der Waals surface area contributed by atoms with Gasteiger partial charge < -0.3 is 4.90 Å². The Balaban J connectivity index is 1.72. The van der Waals surface area contributed by atoms with Crippen molar-refractivity contribution in [2.45, 2.75) is 32.0 Å². The quantitative estimate of drug-likeness (QED) is 0.468. The van der Waals surface area contributed by atoms with Gasteiger partial charge in [0.2, 0.25) is 11.8 Å². The first kappa shape index (κ1) is 16.6. The van der Waals surface area contributed by atoms with Gasteiger partial charge >= 0.3 is 0 Å². The fraction of sp³-hybridized carbons (Fsp3) is 0.400. The van der Waals surface area contributed by atoms with Crippen LogP contribution in [0.1, 0.15) is 34.3 Å². The zero-order chi connectivity index (χ0) is 17.3. The molecular formula is C15H17N3O5S. The van der Waals surface area contributed by atoms with Gasteiger partial charge in [0.1, 0.15) is 6.04 Å². The maximum Gasteiger partial charge on any atom is 0.255 e. The summed E-state index contributed by atoms with van der Waals surface area (Å²) in [5.74, 6) is -1.08. The highest BCUT2D eigenvalue weighted by molar-refractivity contribution is 7.72. The number of amides is 3. The summed E-state index contributed by atoms with van der Waals surface area (Å²) in [4.78, 5) is 37.2. The van der Waals surface area contributed by atoms with Crippen molar-refractivity contribution < 1.29 is 22.8 Å². The summed E-state index contributed by atoms with van der Waals surface area (Å²) in [6.45, 7) is 0.688. The molecule has 1 fully saturated rings. The number of fused-ring (bicyclic) bond motifs is 1. The molecule has 2 aliphatic heterocycles. The molecule has 1 aromatic carbocycles. The first-order valence-electron chi connectivity index (χ1n) is 7.54. The van der Waals surface area contributed by atoms with Crippen LogP contribution in [0.5, 0.6) is 0 Å². The molecule has 9 heteroatoms. The fourth-order valence-corrected chi connectivity index (χ4v) is 3.32. The number of carbonyl (C=O) groups is 3. The molecular weight excluding hydrogens is 334 g/mol. The van der Waals surface area contributed by atoms with Gasteiger partial charge in [0.15, 0.2) is 10.7 Å². The summed E-state index contributed by atoms with van der Waals surface area (Å²) in [5.41, 5.74) is 2.21. The number of nitrogens with one attached hydrogen (secondary N) is 2. The highest BCUT2D eigenvalue weighted by Gasteiger charge is 2.38. The van der Waals surface area contributed by atoms with Gasteiger partial charge in [-0.3, -0.25) is 25.0 Å². The Labute approximate surface area is 140 Å². The van der Waals surface area contributed by atoms with Gasteiger partial charge in [-0.05, 0) is 23.6 Å². The Bertz CT molecular complexity index is 781. The monoisotopic (exact) mass is 351 g/mol. The van der Waals surface area contributed by atoms with Crippen molar-refractivity contribution in [3.8, 4) is 0 Å². The molecule has 0 radical (unpaired) electrons. The lowest BCUT2D eigenvalue weighted by Gasteiger charge is -2.29. The number of piperidine rings is 1. The van der Waals surface area contributed by atoms with Crippen molar-refractivity contribution in [3.05, 3.63) is 34.9 Å². The number of hydrogen-bond acceptors (Lipinski definition) is 6. The van der Waals surface area contributed by atoms with Crippen LogP contribution in [0.4, 0.5) is 0 Å². The van der Waals surface area contributed by atoms with Crippen LogP contribution in [-0.2, 0) is 33.4 Å². The number of nitrogens with zero attached hydrogens (tertiary/aromatic N) is 1. The Morgan fingerprint density at radius 3 is 2.75 bits per heavy atom. The normalized spacial score (nSPS) is 20.5. The van der Waals surface area contributed by atoms with E-state index in [-0.39, 0.29) is 24.1 Å². The summed E-state index contributed by atoms with van der Waals surface area (Å²) in [6.07, 6.45) is 0.550. The first-order valence-corrected chi connectivity index (χ1v) is 8.91. The van der Waals surface area contributed by atoms with Crippen molar-refractivity contribution >= 4 is 28.4 Å². The van der Waals surface area contributed by atoms with E-state index in [0.29, 0.717) is 25.1 Å². The van der Waals surface area contributed by atoms with E-state index < -0.39 is 22.7 Å². The van der Waals surface area contributed by atoms with E-state index in [1.807, 2.05) is 6.07 Å². The van der Waals surface area contributed by atoms with E-state index in [0.717, 1.165) is 11.1 Å². The number of rotatable bonds is 5. The lowest BCUT2D eigenvalue weighted by atomic mass is 10.0. The Kier molecular flexibility index (Phi) is 4.63. The molecule has 24 heavy (non-hydrogen) atoms. The van der Waals surface area contributed by atoms with E-state index in [9.17, 15) is 22.8 Å². The summed E-state index contributed by atoms with van der Waals surface area (Å²) >= 11 is 0. The van der Waals surface area contributed by atoms with Gasteiger partial charge in [0, 0.05) is 25.1 Å². The van der Waals surface area contributed by atoms with Crippen LogP contribution in [0.25, 0.3) is 0 Å². The van der Waals surface area contributed by atoms with E-state index >= 15 is 0 Å². The molecule has 1 aromatic rings. The third kappa shape index (κ3) is 3.31. The van der Waals surface area contributed by atoms with Crippen LogP contribution < -0.4 is 10.6 Å². The van der Waals surface area contributed by atoms with Crippen LogP contribution >= 0.6 is 0 Å². The minimum absolute atomic E-state index is 0.103. The number of carbonyl (C=O) groups excluding carboxylic acids is 3. The van der Waals surface area contributed by atoms with Crippen molar-refractivity contribution in [1.29, 1.82) is 0 Å². The molecule has 0 spiro atoms. The van der Waals surface area contributed by atoms with E-state index in [1.165, 1.54) is 4.90 Å². The highest BCUT2D eigenvalue weighted by atomic mass is 32.2. The second-order valence-corrected chi connectivity index (χ2v) is 6.79. The maximum atomic E-state index is 12.5. The summed E-state index contributed by atoms with van der Waals surface area (Å²) < 4.78 is 21.1. The zero-order valence-corrected chi connectivity index (χ0v) is 13.7. The molecule has 1 unspecified atom stereocenters. The summed E-state index contributed by atoms with van der Waals surface area (Å²) in [7, 11) is -2.48. The predicted octanol–water partition coefficient (Wildman–Crippen LogP) is -0.894. The van der Waals surface area contributed by atoms with Crippen LogP contribution in [0, 0.1) is 0 Å². The second-order valence-electron chi connectivity index (χ2n) is 5.81. The van der Waals surface area contributed by atoms with Gasteiger partial charge in [-0.25, -0.2) is 8.42 Å². The lowest BCUT2D eigenvalue weighted by Crippen LogP contribution is -2.52. The molecule has 3 amide bonds. The Morgan fingerprint density at radius 1 is 1.25 bits per heavy atom. The molecule has 0 saturated carbocycles. The second kappa shape index (κ2) is 6.70. The number of hydrogen-bond donors (Lipinski definition) is 3. The molecule has 0 aliphatic carbocycles. The van der Waals surface area contributed by atoms with Crippen molar-refractivity contribution in [2.75, 3.05) is 5.88 Å². The van der Waals surface area contributed by atoms with Crippen LogP contribution in [0.2, 0.25) is 0 Å². The van der Waals surface area contributed by atoms with Crippen molar-refractivity contribution in [3.63, 3.8) is 0 Å².